The molecular weight excluding hydrogens is 230 g/mol. The molecular formula is C13H21N3O2. The lowest BCUT2D eigenvalue weighted by Gasteiger charge is -2.21. The summed E-state index contributed by atoms with van der Waals surface area (Å²) in [6.45, 7) is 6.93. The molecule has 0 saturated carbocycles. The predicted molar refractivity (Wildman–Crippen MR) is 69.5 cm³/mol. The molecule has 0 radical (unpaired) electrons. The van der Waals surface area contributed by atoms with Gasteiger partial charge in [-0.3, -0.25) is 4.79 Å². The molecule has 1 aromatic rings. The van der Waals surface area contributed by atoms with Gasteiger partial charge < -0.3 is 20.0 Å². The van der Waals surface area contributed by atoms with Gasteiger partial charge in [0.15, 0.2) is 0 Å². The molecule has 1 amide bonds. The molecule has 1 fully saturated rings. The van der Waals surface area contributed by atoms with Crippen molar-refractivity contribution in [1.82, 2.24) is 9.80 Å². The van der Waals surface area contributed by atoms with E-state index in [0.717, 1.165) is 44.9 Å². The Morgan fingerprint density at radius 3 is 2.89 bits per heavy atom. The van der Waals surface area contributed by atoms with Crippen molar-refractivity contribution < 1.29 is 9.21 Å². The number of rotatable bonds is 3. The zero-order valence-corrected chi connectivity index (χ0v) is 10.9. The fourth-order valence-corrected chi connectivity index (χ4v) is 2.32. The van der Waals surface area contributed by atoms with Crippen molar-refractivity contribution in [1.29, 1.82) is 0 Å². The van der Waals surface area contributed by atoms with Crippen LogP contribution in [-0.2, 0) is 0 Å². The van der Waals surface area contributed by atoms with E-state index in [9.17, 15) is 4.79 Å². The number of furan rings is 1. The molecule has 5 nitrogen and oxygen atoms in total. The molecule has 0 aromatic carbocycles. The van der Waals surface area contributed by atoms with E-state index in [1.807, 2.05) is 11.8 Å². The van der Waals surface area contributed by atoms with Gasteiger partial charge in [-0.25, -0.2) is 0 Å². The van der Waals surface area contributed by atoms with Crippen molar-refractivity contribution >= 4 is 5.91 Å². The normalized spacial score (nSPS) is 17.8. The van der Waals surface area contributed by atoms with Gasteiger partial charge in [0.2, 0.25) is 0 Å². The molecule has 2 heterocycles. The minimum absolute atomic E-state index is 0.0708. The largest absolute Gasteiger partial charge is 0.469 e. The number of aryl methyl sites for hydroxylation is 1. The van der Waals surface area contributed by atoms with Crippen LogP contribution in [0.1, 0.15) is 22.5 Å². The van der Waals surface area contributed by atoms with Gasteiger partial charge in [-0.15, -0.1) is 0 Å². The average molecular weight is 251 g/mol. The number of nitrogens with zero attached hydrogens (tertiary/aromatic N) is 2. The van der Waals surface area contributed by atoms with Gasteiger partial charge in [0.05, 0.1) is 5.56 Å². The van der Waals surface area contributed by atoms with Crippen LogP contribution in [-0.4, -0.2) is 55.0 Å². The third-order valence-electron chi connectivity index (χ3n) is 3.30. The van der Waals surface area contributed by atoms with Crippen LogP contribution in [0.25, 0.3) is 0 Å². The first-order chi connectivity index (χ1) is 8.70. The number of hydrogen-bond acceptors (Lipinski definition) is 4. The zero-order valence-electron chi connectivity index (χ0n) is 10.9. The molecule has 0 unspecified atom stereocenters. The lowest BCUT2D eigenvalue weighted by molar-refractivity contribution is 0.0761. The van der Waals surface area contributed by atoms with E-state index in [4.69, 9.17) is 10.2 Å². The van der Waals surface area contributed by atoms with Crippen molar-refractivity contribution in [2.75, 3.05) is 39.3 Å². The molecule has 100 valence electrons. The van der Waals surface area contributed by atoms with E-state index in [1.54, 1.807) is 12.3 Å². The second-order valence-corrected chi connectivity index (χ2v) is 4.72. The van der Waals surface area contributed by atoms with Gasteiger partial charge in [-0.1, -0.05) is 0 Å². The maximum Gasteiger partial charge on any atom is 0.257 e. The third kappa shape index (κ3) is 3.11. The second kappa shape index (κ2) is 6.02. The average Bonchev–Trinajstić information content (AvgIpc) is 2.65. The summed E-state index contributed by atoms with van der Waals surface area (Å²) in [5, 5.41) is 0. The third-order valence-corrected chi connectivity index (χ3v) is 3.30. The Labute approximate surface area is 108 Å². The summed E-state index contributed by atoms with van der Waals surface area (Å²) in [6.07, 6.45) is 2.54. The molecule has 2 rings (SSSR count). The van der Waals surface area contributed by atoms with Gasteiger partial charge >= 0.3 is 0 Å². The van der Waals surface area contributed by atoms with Gasteiger partial charge in [-0.05, 0) is 26.0 Å². The predicted octanol–water partition coefficient (Wildman–Crippen LogP) is 0.695. The minimum Gasteiger partial charge on any atom is -0.469 e. The smallest absolute Gasteiger partial charge is 0.257 e. The van der Waals surface area contributed by atoms with E-state index in [0.29, 0.717) is 12.1 Å². The van der Waals surface area contributed by atoms with E-state index >= 15 is 0 Å². The Balaban J connectivity index is 1.95. The zero-order chi connectivity index (χ0) is 13.0. The van der Waals surface area contributed by atoms with Crippen molar-refractivity contribution in [3.8, 4) is 0 Å². The molecule has 18 heavy (non-hydrogen) atoms. The number of carbonyl (C=O) groups excluding carboxylic acids is 1. The van der Waals surface area contributed by atoms with Crippen LogP contribution in [0.3, 0.4) is 0 Å². The second-order valence-electron chi connectivity index (χ2n) is 4.72. The first-order valence-electron chi connectivity index (χ1n) is 6.47. The quantitative estimate of drug-likeness (QED) is 0.858. The van der Waals surface area contributed by atoms with E-state index in [-0.39, 0.29) is 5.91 Å². The fraction of sp³-hybridized carbons (Fsp3) is 0.615. The Kier molecular flexibility index (Phi) is 4.38. The molecule has 1 aliphatic heterocycles. The Morgan fingerprint density at radius 2 is 2.22 bits per heavy atom. The highest BCUT2D eigenvalue weighted by molar-refractivity contribution is 5.94. The lowest BCUT2D eigenvalue weighted by Crippen LogP contribution is -2.36. The van der Waals surface area contributed by atoms with E-state index in [1.165, 1.54) is 0 Å². The number of nitrogens with two attached hydrogens (primary N) is 1. The molecule has 5 heteroatoms. The summed E-state index contributed by atoms with van der Waals surface area (Å²) >= 11 is 0. The molecule has 1 aliphatic rings. The summed E-state index contributed by atoms with van der Waals surface area (Å²) in [4.78, 5) is 16.5. The first kappa shape index (κ1) is 13.1. The van der Waals surface area contributed by atoms with Gasteiger partial charge in [0.1, 0.15) is 12.0 Å². The van der Waals surface area contributed by atoms with Crippen LogP contribution in [0.2, 0.25) is 0 Å². The Morgan fingerprint density at radius 1 is 1.39 bits per heavy atom. The molecule has 0 aliphatic carbocycles. The lowest BCUT2D eigenvalue weighted by atomic mass is 10.2. The number of hydrogen-bond donors (Lipinski definition) is 1. The standard InChI is InChI=1S/C13H21N3O2/c1-11-9-12(10-18-11)13(17)16-5-2-4-15(6-3-14)7-8-16/h9-10H,2-8,14H2,1H3. The van der Waals surface area contributed by atoms with Gasteiger partial charge in [0.25, 0.3) is 5.91 Å². The van der Waals surface area contributed by atoms with E-state index in [2.05, 4.69) is 4.90 Å². The maximum atomic E-state index is 12.3. The Bertz CT molecular complexity index is 403. The number of amides is 1. The monoisotopic (exact) mass is 251 g/mol. The molecule has 0 spiro atoms. The van der Waals surface area contributed by atoms with E-state index < -0.39 is 0 Å². The fourth-order valence-electron chi connectivity index (χ4n) is 2.32. The minimum atomic E-state index is 0.0708. The van der Waals surface area contributed by atoms with Crippen LogP contribution in [0.4, 0.5) is 0 Å². The van der Waals surface area contributed by atoms with Crippen molar-refractivity contribution in [2.45, 2.75) is 13.3 Å². The highest BCUT2D eigenvalue weighted by Gasteiger charge is 2.20. The SMILES string of the molecule is Cc1cc(C(=O)N2CCCN(CCN)CC2)co1. The van der Waals surface area contributed by atoms with Gasteiger partial charge in [0, 0.05) is 32.7 Å². The van der Waals surface area contributed by atoms with Crippen LogP contribution in [0.5, 0.6) is 0 Å². The highest BCUT2D eigenvalue weighted by Crippen LogP contribution is 2.12. The molecule has 2 N–H and O–H groups in total. The summed E-state index contributed by atoms with van der Waals surface area (Å²) < 4.78 is 5.19. The molecule has 0 atom stereocenters. The van der Waals surface area contributed by atoms with Gasteiger partial charge in [-0.2, -0.15) is 0 Å². The highest BCUT2D eigenvalue weighted by atomic mass is 16.3. The van der Waals surface area contributed by atoms with Crippen LogP contribution in [0, 0.1) is 6.92 Å². The molecule has 1 aromatic heterocycles. The summed E-state index contributed by atoms with van der Waals surface area (Å²) in [5.74, 6) is 0.847. The topological polar surface area (TPSA) is 62.7 Å². The summed E-state index contributed by atoms with van der Waals surface area (Å²) in [7, 11) is 0. The maximum absolute atomic E-state index is 12.3. The molecule has 1 saturated heterocycles. The Hall–Kier alpha value is -1.33. The molecule has 0 bridgehead atoms. The van der Waals surface area contributed by atoms with Crippen molar-refractivity contribution in [2.24, 2.45) is 5.73 Å². The van der Waals surface area contributed by atoms with Crippen molar-refractivity contribution in [3.05, 3.63) is 23.7 Å². The summed E-state index contributed by atoms with van der Waals surface area (Å²) in [6, 6.07) is 1.80. The number of carbonyl (C=O) groups is 1. The van der Waals surface area contributed by atoms with Crippen LogP contribution < -0.4 is 5.73 Å². The summed E-state index contributed by atoms with van der Waals surface area (Å²) in [5.41, 5.74) is 6.22. The first-order valence-corrected chi connectivity index (χ1v) is 6.47. The van der Waals surface area contributed by atoms with Crippen molar-refractivity contribution in [3.63, 3.8) is 0 Å². The van der Waals surface area contributed by atoms with Crippen LogP contribution in [0.15, 0.2) is 16.7 Å². The van der Waals surface area contributed by atoms with Crippen LogP contribution >= 0.6 is 0 Å².